The van der Waals surface area contributed by atoms with Crippen molar-refractivity contribution in [2.24, 2.45) is 5.92 Å². The van der Waals surface area contributed by atoms with E-state index in [0.717, 1.165) is 44.1 Å². The molecule has 7 heteroatoms. The summed E-state index contributed by atoms with van der Waals surface area (Å²) in [4.78, 5) is 22.0. The molecule has 122 valence electrons. The van der Waals surface area contributed by atoms with E-state index in [-0.39, 0.29) is 11.9 Å². The molecule has 2 aromatic heterocycles. The van der Waals surface area contributed by atoms with E-state index >= 15 is 0 Å². The Morgan fingerprint density at radius 1 is 1.48 bits per heavy atom. The molecule has 1 saturated carbocycles. The Kier molecular flexibility index (Phi) is 3.65. The highest BCUT2D eigenvalue weighted by Crippen LogP contribution is 2.40. The zero-order valence-electron chi connectivity index (χ0n) is 13.2. The number of amides is 1. The van der Waals surface area contributed by atoms with E-state index in [1.807, 2.05) is 6.20 Å². The molecule has 0 aromatic carbocycles. The molecule has 0 spiro atoms. The summed E-state index contributed by atoms with van der Waals surface area (Å²) in [6.07, 6.45) is 5.86. The molecular formula is C16H21N5O2. The van der Waals surface area contributed by atoms with Gasteiger partial charge in [-0.1, -0.05) is 12.1 Å². The van der Waals surface area contributed by atoms with Gasteiger partial charge in [-0.05, 0) is 18.8 Å². The third-order valence-corrected chi connectivity index (χ3v) is 4.67. The minimum Gasteiger partial charge on any atom is -0.360 e. The van der Waals surface area contributed by atoms with Gasteiger partial charge in [0.15, 0.2) is 5.69 Å². The molecule has 1 aliphatic carbocycles. The van der Waals surface area contributed by atoms with Crippen LogP contribution in [0.5, 0.6) is 0 Å². The number of nitrogens with zero attached hydrogens (tertiary/aromatic N) is 3. The lowest BCUT2D eigenvalue weighted by Crippen LogP contribution is -2.40. The molecule has 7 nitrogen and oxygen atoms in total. The third-order valence-electron chi connectivity index (χ3n) is 4.67. The maximum atomic E-state index is 12.4. The monoisotopic (exact) mass is 315 g/mol. The number of hydrogen-bond acceptors (Lipinski definition) is 5. The van der Waals surface area contributed by atoms with Gasteiger partial charge in [-0.25, -0.2) is 4.98 Å². The van der Waals surface area contributed by atoms with Crippen molar-refractivity contribution in [1.82, 2.24) is 25.3 Å². The molecule has 4 rings (SSSR count). The first kappa shape index (κ1) is 14.4. The second kappa shape index (κ2) is 5.81. The molecule has 2 aliphatic rings. The van der Waals surface area contributed by atoms with Crippen LogP contribution < -0.4 is 5.32 Å². The molecule has 0 bridgehead atoms. The molecule has 0 radical (unpaired) electrons. The second-order valence-corrected chi connectivity index (χ2v) is 6.68. The van der Waals surface area contributed by atoms with Crippen LogP contribution in [0.15, 0.2) is 23.0 Å². The summed E-state index contributed by atoms with van der Waals surface area (Å²) >= 11 is 0. The predicted molar refractivity (Wildman–Crippen MR) is 82.8 cm³/mol. The van der Waals surface area contributed by atoms with E-state index in [4.69, 9.17) is 4.52 Å². The van der Waals surface area contributed by atoms with Crippen molar-refractivity contribution in [1.29, 1.82) is 0 Å². The molecule has 2 N–H and O–H groups in total. The van der Waals surface area contributed by atoms with Gasteiger partial charge in [-0.3, -0.25) is 9.69 Å². The van der Waals surface area contributed by atoms with Crippen molar-refractivity contribution >= 4 is 5.91 Å². The molecule has 1 amide bonds. The maximum Gasteiger partial charge on any atom is 0.273 e. The number of rotatable bonds is 5. The predicted octanol–water partition coefficient (Wildman–Crippen LogP) is 1.53. The average Bonchev–Trinajstić information content (AvgIpc) is 2.94. The van der Waals surface area contributed by atoms with E-state index < -0.39 is 0 Å². The molecule has 1 aliphatic heterocycles. The highest BCUT2D eigenvalue weighted by atomic mass is 16.5. The summed E-state index contributed by atoms with van der Waals surface area (Å²) in [7, 11) is 0. The molecular weight excluding hydrogens is 294 g/mol. The first-order valence-corrected chi connectivity index (χ1v) is 8.17. The van der Waals surface area contributed by atoms with E-state index in [2.05, 4.69) is 32.3 Å². The summed E-state index contributed by atoms with van der Waals surface area (Å²) in [5.74, 6) is 2.52. The Labute approximate surface area is 134 Å². The summed E-state index contributed by atoms with van der Waals surface area (Å²) in [5.41, 5.74) is 0.392. The largest absolute Gasteiger partial charge is 0.360 e. The molecule has 23 heavy (non-hydrogen) atoms. The number of H-pyrrole nitrogens is 1. The van der Waals surface area contributed by atoms with Crippen LogP contribution in [0.1, 0.15) is 47.8 Å². The van der Waals surface area contributed by atoms with Crippen molar-refractivity contribution < 1.29 is 9.32 Å². The lowest BCUT2D eigenvalue weighted by molar-refractivity contribution is 0.0922. The lowest BCUT2D eigenvalue weighted by atomic mass is 10.1. The summed E-state index contributed by atoms with van der Waals surface area (Å²) in [5, 5.41) is 7.00. The van der Waals surface area contributed by atoms with Crippen molar-refractivity contribution in [3.63, 3.8) is 0 Å². The normalized spacial score (nSPS) is 24.9. The van der Waals surface area contributed by atoms with Crippen LogP contribution in [-0.4, -0.2) is 45.1 Å². The van der Waals surface area contributed by atoms with Gasteiger partial charge >= 0.3 is 0 Å². The zero-order chi connectivity index (χ0) is 15.8. The zero-order valence-corrected chi connectivity index (χ0v) is 13.2. The molecule has 3 heterocycles. The van der Waals surface area contributed by atoms with Crippen LogP contribution >= 0.6 is 0 Å². The van der Waals surface area contributed by atoms with Crippen LogP contribution in [0.25, 0.3) is 0 Å². The fraction of sp³-hybridized carbons (Fsp3) is 0.562. The van der Waals surface area contributed by atoms with Crippen molar-refractivity contribution in [3.8, 4) is 0 Å². The van der Waals surface area contributed by atoms with E-state index in [1.165, 1.54) is 0 Å². The fourth-order valence-corrected chi connectivity index (χ4v) is 3.18. The van der Waals surface area contributed by atoms with Crippen LogP contribution in [0, 0.1) is 5.92 Å². The average molecular weight is 315 g/mol. The number of aromatic nitrogens is 3. The van der Waals surface area contributed by atoms with Gasteiger partial charge in [0.2, 0.25) is 0 Å². The van der Waals surface area contributed by atoms with Crippen LogP contribution in [-0.2, 0) is 6.54 Å². The molecule has 1 unspecified atom stereocenters. The van der Waals surface area contributed by atoms with Crippen LogP contribution in [0.4, 0.5) is 0 Å². The van der Waals surface area contributed by atoms with Gasteiger partial charge in [0.25, 0.3) is 5.91 Å². The Balaban J connectivity index is 1.35. The smallest absolute Gasteiger partial charge is 0.273 e. The minimum absolute atomic E-state index is 0.124. The highest BCUT2D eigenvalue weighted by molar-refractivity contribution is 5.92. The van der Waals surface area contributed by atoms with E-state index in [0.29, 0.717) is 17.5 Å². The molecule has 2 aromatic rings. The van der Waals surface area contributed by atoms with Gasteiger partial charge in [-0.2, -0.15) is 0 Å². The summed E-state index contributed by atoms with van der Waals surface area (Å²) in [6, 6.07) is 1.91. The number of hydrogen-bond donors (Lipinski definition) is 2. The first-order valence-electron chi connectivity index (χ1n) is 8.17. The van der Waals surface area contributed by atoms with E-state index in [9.17, 15) is 4.79 Å². The highest BCUT2D eigenvalue weighted by Gasteiger charge is 2.33. The van der Waals surface area contributed by atoms with Gasteiger partial charge in [0.05, 0.1) is 6.54 Å². The quantitative estimate of drug-likeness (QED) is 0.873. The Hall–Kier alpha value is -2.15. The molecule has 1 saturated heterocycles. The number of nitrogens with one attached hydrogen (secondary N) is 2. The Morgan fingerprint density at radius 3 is 3.09 bits per heavy atom. The van der Waals surface area contributed by atoms with Crippen LogP contribution in [0.3, 0.4) is 0 Å². The van der Waals surface area contributed by atoms with Gasteiger partial charge in [0, 0.05) is 43.5 Å². The third kappa shape index (κ3) is 3.14. The molecule has 2 fully saturated rings. The van der Waals surface area contributed by atoms with Gasteiger partial charge in [0.1, 0.15) is 11.6 Å². The van der Waals surface area contributed by atoms with Crippen molar-refractivity contribution in [2.45, 2.75) is 38.3 Å². The number of imidazole rings is 1. The second-order valence-electron chi connectivity index (χ2n) is 6.68. The standard InChI is InChI=1S/C16H21N5O2/c1-10-7-21(9-15-17-4-5-18-15)8-13(10)19-16(22)12-6-14(23-20-12)11-2-3-11/h4-6,10-11,13H,2-3,7-9H2,1H3,(H,17,18)(H,19,22)/t10-,13?/m0/s1. The lowest BCUT2D eigenvalue weighted by Gasteiger charge is -2.16. The summed E-state index contributed by atoms with van der Waals surface area (Å²) in [6.45, 7) is 4.70. The van der Waals surface area contributed by atoms with Gasteiger partial charge in [-0.15, -0.1) is 0 Å². The number of carbonyl (C=O) groups is 1. The minimum atomic E-state index is -0.141. The fourth-order valence-electron chi connectivity index (χ4n) is 3.18. The number of aromatic amines is 1. The number of likely N-dealkylation sites (tertiary alicyclic amines) is 1. The molecule has 2 atom stereocenters. The van der Waals surface area contributed by atoms with Gasteiger partial charge < -0.3 is 14.8 Å². The van der Waals surface area contributed by atoms with Crippen molar-refractivity contribution in [3.05, 3.63) is 35.7 Å². The first-order chi connectivity index (χ1) is 11.2. The SMILES string of the molecule is C[C@H]1CN(Cc2ncc[nH]2)CC1NC(=O)c1cc(C2CC2)on1. The summed E-state index contributed by atoms with van der Waals surface area (Å²) < 4.78 is 5.26. The van der Waals surface area contributed by atoms with Crippen LogP contribution in [0.2, 0.25) is 0 Å². The van der Waals surface area contributed by atoms with Crippen molar-refractivity contribution in [2.75, 3.05) is 13.1 Å². The maximum absolute atomic E-state index is 12.4. The Bertz CT molecular complexity index is 676. The number of carbonyl (C=O) groups excluding carboxylic acids is 1. The Morgan fingerprint density at radius 2 is 2.35 bits per heavy atom. The van der Waals surface area contributed by atoms with E-state index in [1.54, 1.807) is 12.3 Å². The topological polar surface area (TPSA) is 87.0 Å².